The van der Waals surface area contributed by atoms with Crippen molar-refractivity contribution in [2.24, 2.45) is 0 Å². The Balaban J connectivity index is 1.87. The van der Waals surface area contributed by atoms with Gasteiger partial charge in [-0.25, -0.2) is 5.48 Å². The van der Waals surface area contributed by atoms with E-state index in [2.05, 4.69) is 4.74 Å². The highest BCUT2D eigenvalue weighted by Gasteiger charge is 2.32. The Morgan fingerprint density at radius 2 is 1.93 bits per heavy atom. The molecule has 1 heterocycles. The summed E-state index contributed by atoms with van der Waals surface area (Å²) in [6.07, 6.45) is -5.26. The highest BCUT2D eigenvalue weighted by molar-refractivity contribution is 5.93. The number of hydroxylamine groups is 1. The summed E-state index contributed by atoms with van der Waals surface area (Å²) in [6, 6.07) is 12.9. The lowest BCUT2D eigenvalue weighted by Gasteiger charge is -2.29. The van der Waals surface area contributed by atoms with Crippen LogP contribution in [0.15, 0.2) is 48.5 Å². The lowest BCUT2D eigenvalue weighted by Crippen LogP contribution is -2.36. The van der Waals surface area contributed by atoms with E-state index in [0.29, 0.717) is 11.3 Å². The molecule has 2 amide bonds. The van der Waals surface area contributed by atoms with Gasteiger partial charge in [0, 0.05) is 11.1 Å². The van der Waals surface area contributed by atoms with Gasteiger partial charge in [-0.1, -0.05) is 36.4 Å². The van der Waals surface area contributed by atoms with Crippen molar-refractivity contribution in [3.8, 4) is 5.75 Å². The van der Waals surface area contributed by atoms with Gasteiger partial charge in [0.1, 0.15) is 12.4 Å². The van der Waals surface area contributed by atoms with Crippen LogP contribution >= 0.6 is 0 Å². The molecule has 0 radical (unpaired) electrons. The highest BCUT2D eigenvalue weighted by Crippen LogP contribution is 2.33. The number of carbonyl (C=O) groups excluding carboxylic acids is 2. The first kappa shape index (κ1) is 21.6. The Morgan fingerprint density at radius 3 is 2.60 bits per heavy atom. The van der Waals surface area contributed by atoms with E-state index in [0.717, 1.165) is 5.56 Å². The highest BCUT2D eigenvalue weighted by atomic mass is 19.4. The first-order valence-corrected chi connectivity index (χ1v) is 9.04. The minimum atomic E-state index is -4.81. The third kappa shape index (κ3) is 5.28. The maximum Gasteiger partial charge on any atom is 0.522 e. The van der Waals surface area contributed by atoms with Gasteiger partial charge in [0.25, 0.3) is 5.91 Å². The molecule has 1 unspecified atom stereocenters. The fourth-order valence-electron chi connectivity index (χ4n) is 3.19. The van der Waals surface area contributed by atoms with Crippen LogP contribution in [0.3, 0.4) is 0 Å². The molecule has 3 rings (SSSR count). The number of fused-ring (bicyclic) bond motifs is 1. The zero-order valence-corrected chi connectivity index (χ0v) is 15.7. The van der Waals surface area contributed by atoms with Crippen LogP contribution in [0.4, 0.5) is 13.2 Å². The van der Waals surface area contributed by atoms with Gasteiger partial charge in [0.05, 0.1) is 25.6 Å². The summed E-state index contributed by atoms with van der Waals surface area (Å²) in [5.74, 6) is -0.900. The zero-order chi connectivity index (χ0) is 21.7. The molecule has 1 aliphatic rings. The molecule has 1 aliphatic heterocycles. The van der Waals surface area contributed by atoms with Gasteiger partial charge in [0.15, 0.2) is 0 Å². The standard InChI is InChI=1S/C20H19F3N2O5/c21-20(22,23)30-9-8-18(26)25-11-15-7-6-14(19(27)24-28)10-17(15)29-12-16(25)13-4-2-1-3-5-13/h1-7,10,16,28H,8-9,11-12H2,(H,24,27). The van der Waals surface area contributed by atoms with Crippen molar-refractivity contribution in [3.05, 3.63) is 65.2 Å². The van der Waals surface area contributed by atoms with Crippen molar-refractivity contribution in [2.45, 2.75) is 25.4 Å². The number of benzene rings is 2. The molecule has 2 aromatic carbocycles. The Hall–Kier alpha value is -3.11. The summed E-state index contributed by atoms with van der Waals surface area (Å²) >= 11 is 0. The predicted molar refractivity (Wildman–Crippen MR) is 97.5 cm³/mol. The maximum absolute atomic E-state index is 12.8. The topological polar surface area (TPSA) is 88.1 Å². The van der Waals surface area contributed by atoms with Gasteiger partial charge >= 0.3 is 6.36 Å². The van der Waals surface area contributed by atoms with Crippen molar-refractivity contribution in [2.75, 3.05) is 13.2 Å². The number of halogens is 3. The number of nitrogens with one attached hydrogen (secondary N) is 1. The normalized spacial score (nSPS) is 16.3. The molecule has 2 N–H and O–H groups in total. The molecule has 0 spiro atoms. The molecule has 1 atom stereocenters. The fourth-order valence-corrected chi connectivity index (χ4v) is 3.19. The largest absolute Gasteiger partial charge is 0.522 e. The number of rotatable bonds is 5. The molecule has 0 saturated carbocycles. The van der Waals surface area contributed by atoms with Crippen molar-refractivity contribution < 1.29 is 37.4 Å². The van der Waals surface area contributed by atoms with E-state index >= 15 is 0 Å². The van der Waals surface area contributed by atoms with Crippen LogP contribution in [0, 0.1) is 0 Å². The van der Waals surface area contributed by atoms with Crippen LogP contribution in [-0.2, 0) is 16.1 Å². The smallest absolute Gasteiger partial charge is 0.491 e. The molecule has 0 aliphatic carbocycles. The second kappa shape index (κ2) is 9.14. The molecule has 0 fully saturated rings. The summed E-state index contributed by atoms with van der Waals surface area (Å²) < 4.78 is 46.4. The maximum atomic E-state index is 12.8. The summed E-state index contributed by atoms with van der Waals surface area (Å²) in [5.41, 5.74) is 3.02. The second-order valence-corrected chi connectivity index (χ2v) is 6.57. The van der Waals surface area contributed by atoms with Crippen LogP contribution in [-0.4, -0.2) is 41.5 Å². The van der Waals surface area contributed by atoms with Gasteiger partial charge in [-0.2, -0.15) is 0 Å². The molecular formula is C20H19F3N2O5. The number of carbonyl (C=O) groups is 2. The fraction of sp³-hybridized carbons (Fsp3) is 0.300. The van der Waals surface area contributed by atoms with Crippen molar-refractivity contribution in [1.29, 1.82) is 0 Å². The monoisotopic (exact) mass is 424 g/mol. The lowest BCUT2D eigenvalue weighted by atomic mass is 10.0. The number of hydrogen-bond acceptors (Lipinski definition) is 5. The SMILES string of the molecule is O=C(NO)c1ccc2c(c1)OCC(c1ccccc1)N(C(=O)CCOC(F)(F)F)C2. The van der Waals surface area contributed by atoms with E-state index in [9.17, 15) is 22.8 Å². The Kier molecular flexibility index (Phi) is 6.58. The molecule has 10 heteroatoms. The van der Waals surface area contributed by atoms with Gasteiger partial charge in [-0.15, -0.1) is 13.2 Å². The number of amides is 2. The van der Waals surface area contributed by atoms with Crippen LogP contribution < -0.4 is 10.2 Å². The number of hydrogen-bond donors (Lipinski definition) is 2. The molecular weight excluding hydrogens is 405 g/mol. The summed E-state index contributed by atoms with van der Waals surface area (Å²) in [4.78, 5) is 25.9. The second-order valence-electron chi connectivity index (χ2n) is 6.57. The van der Waals surface area contributed by atoms with Crippen molar-refractivity contribution >= 4 is 11.8 Å². The first-order valence-electron chi connectivity index (χ1n) is 9.04. The van der Waals surface area contributed by atoms with Gasteiger partial charge in [-0.05, 0) is 17.7 Å². The molecule has 160 valence electrons. The molecule has 7 nitrogen and oxygen atoms in total. The van der Waals surface area contributed by atoms with E-state index in [-0.39, 0.29) is 18.7 Å². The van der Waals surface area contributed by atoms with E-state index in [1.54, 1.807) is 36.4 Å². The van der Waals surface area contributed by atoms with Gasteiger partial charge < -0.3 is 9.64 Å². The minimum Gasteiger partial charge on any atom is -0.491 e. The van der Waals surface area contributed by atoms with Crippen LogP contribution in [0.25, 0.3) is 0 Å². The summed E-state index contributed by atoms with van der Waals surface area (Å²) in [6.45, 7) is -0.683. The first-order chi connectivity index (χ1) is 14.3. The molecule has 2 aromatic rings. The summed E-state index contributed by atoms with van der Waals surface area (Å²) in [5, 5.41) is 8.81. The molecule has 0 bridgehead atoms. The van der Waals surface area contributed by atoms with E-state index in [4.69, 9.17) is 9.94 Å². The van der Waals surface area contributed by atoms with Crippen molar-refractivity contribution in [3.63, 3.8) is 0 Å². The number of nitrogens with zero attached hydrogens (tertiary/aromatic N) is 1. The Bertz CT molecular complexity index is 905. The van der Waals surface area contributed by atoms with Crippen LogP contribution in [0.1, 0.15) is 33.9 Å². The summed E-state index contributed by atoms with van der Waals surface area (Å²) in [7, 11) is 0. The predicted octanol–water partition coefficient (Wildman–Crippen LogP) is 3.19. The average Bonchev–Trinajstić information content (AvgIpc) is 2.92. The van der Waals surface area contributed by atoms with Gasteiger partial charge in [-0.3, -0.25) is 19.5 Å². The van der Waals surface area contributed by atoms with Crippen LogP contribution in [0.5, 0.6) is 5.75 Å². The molecule has 30 heavy (non-hydrogen) atoms. The zero-order valence-electron chi connectivity index (χ0n) is 15.7. The number of ether oxygens (including phenoxy) is 2. The lowest BCUT2D eigenvalue weighted by molar-refractivity contribution is -0.324. The number of alkyl halides is 3. The van der Waals surface area contributed by atoms with E-state index in [1.165, 1.54) is 22.5 Å². The van der Waals surface area contributed by atoms with Gasteiger partial charge in [0.2, 0.25) is 5.91 Å². The molecule has 0 aromatic heterocycles. The Labute approximate surface area is 170 Å². The minimum absolute atomic E-state index is 0.0348. The third-order valence-electron chi connectivity index (χ3n) is 4.63. The molecule has 0 saturated heterocycles. The van der Waals surface area contributed by atoms with Crippen molar-refractivity contribution in [1.82, 2.24) is 10.4 Å². The Morgan fingerprint density at radius 1 is 1.20 bits per heavy atom. The van der Waals surface area contributed by atoms with E-state index < -0.39 is 37.2 Å². The third-order valence-corrected chi connectivity index (χ3v) is 4.63. The van der Waals surface area contributed by atoms with E-state index in [1.807, 2.05) is 0 Å². The average molecular weight is 424 g/mol. The quantitative estimate of drug-likeness (QED) is 0.569. The van der Waals surface area contributed by atoms with Crippen LogP contribution in [0.2, 0.25) is 0 Å².